The highest BCUT2D eigenvalue weighted by molar-refractivity contribution is 7.98. The summed E-state index contributed by atoms with van der Waals surface area (Å²) in [4.78, 5) is 14.0. The number of ether oxygens (including phenoxy) is 2. The summed E-state index contributed by atoms with van der Waals surface area (Å²) < 4.78 is 11.6. The minimum Gasteiger partial charge on any atom is -0.497 e. The van der Waals surface area contributed by atoms with Crippen molar-refractivity contribution in [2.75, 3.05) is 7.11 Å². The van der Waals surface area contributed by atoms with E-state index in [-0.39, 0.29) is 6.61 Å². The van der Waals surface area contributed by atoms with Gasteiger partial charge in [-0.15, -0.1) is 11.8 Å². The molecule has 2 aromatic carbocycles. The van der Waals surface area contributed by atoms with Crippen LogP contribution in [0, 0.1) is 6.92 Å². The van der Waals surface area contributed by atoms with Crippen LogP contribution in [-0.2, 0) is 18.8 Å². The maximum absolute atomic E-state index is 9.86. The second kappa shape index (κ2) is 9.62. The van der Waals surface area contributed by atoms with Crippen LogP contribution in [0.3, 0.4) is 0 Å². The summed E-state index contributed by atoms with van der Waals surface area (Å²) in [5, 5.41) is 11.3. The largest absolute Gasteiger partial charge is 0.497 e. The van der Waals surface area contributed by atoms with Gasteiger partial charge in [0, 0.05) is 40.1 Å². The average molecular weight is 492 g/mol. The summed E-state index contributed by atoms with van der Waals surface area (Å²) in [5.41, 5.74) is 5.31. The van der Waals surface area contributed by atoms with Gasteiger partial charge in [0.15, 0.2) is 11.6 Å². The second-order valence-electron chi connectivity index (χ2n) is 7.90. The minimum absolute atomic E-state index is 0.107. The summed E-state index contributed by atoms with van der Waals surface area (Å²) in [6.45, 7) is 1.79. The lowest BCUT2D eigenvalue weighted by Gasteiger charge is -2.24. The molecule has 0 saturated heterocycles. The van der Waals surface area contributed by atoms with Crippen molar-refractivity contribution in [3.63, 3.8) is 0 Å². The average Bonchev–Trinajstić information content (AvgIpc) is 2.87. The van der Waals surface area contributed by atoms with Gasteiger partial charge in [0.2, 0.25) is 5.88 Å². The van der Waals surface area contributed by atoms with Crippen molar-refractivity contribution in [1.29, 1.82) is 0 Å². The van der Waals surface area contributed by atoms with Gasteiger partial charge in [-0.05, 0) is 48.9 Å². The lowest BCUT2D eigenvalue weighted by molar-refractivity contribution is 0.278. The zero-order valence-corrected chi connectivity index (χ0v) is 20.3. The SMILES string of the molecule is COc1cccc(CSc2nc(-c3ccc(Cl)cc3)nc3c2Cc2c(CO)cnc(C)c2O3)c1. The van der Waals surface area contributed by atoms with E-state index in [0.717, 1.165) is 44.3 Å². The number of aliphatic hydroxyl groups excluding tert-OH is 1. The fraction of sp³-hybridized carbons (Fsp3) is 0.192. The third-order valence-corrected chi connectivity index (χ3v) is 7.01. The van der Waals surface area contributed by atoms with Crippen molar-refractivity contribution < 1.29 is 14.6 Å². The number of fused-ring (bicyclic) bond motifs is 2. The van der Waals surface area contributed by atoms with E-state index in [0.29, 0.717) is 34.7 Å². The highest BCUT2D eigenvalue weighted by Crippen LogP contribution is 2.43. The first-order valence-electron chi connectivity index (χ1n) is 10.7. The molecule has 0 unspecified atom stereocenters. The number of rotatable bonds is 6. The Kier molecular flexibility index (Phi) is 6.41. The van der Waals surface area contributed by atoms with E-state index in [1.807, 2.05) is 49.4 Å². The first-order chi connectivity index (χ1) is 16.6. The first-order valence-corrected chi connectivity index (χ1v) is 12.1. The van der Waals surface area contributed by atoms with Crippen LogP contribution < -0.4 is 9.47 Å². The maximum atomic E-state index is 9.86. The molecule has 1 aliphatic heterocycles. The lowest BCUT2D eigenvalue weighted by Crippen LogP contribution is -2.13. The Morgan fingerprint density at radius 2 is 1.94 bits per heavy atom. The van der Waals surface area contributed by atoms with E-state index in [1.54, 1.807) is 25.1 Å². The topological polar surface area (TPSA) is 77.4 Å². The number of hydrogen-bond donors (Lipinski definition) is 1. The quantitative estimate of drug-likeness (QED) is 0.231. The number of nitrogens with zero attached hydrogens (tertiary/aromatic N) is 3. The summed E-state index contributed by atoms with van der Waals surface area (Å²) in [6, 6.07) is 15.4. The number of pyridine rings is 1. The van der Waals surface area contributed by atoms with Crippen LogP contribution in [-0.4, -0.2) is 27.2 Å². The molecule has 3 heterocycles. The molecule has 0 spiro atoms. The van der Waals surface area contributed by atoms with E-state index >= 15 is 0 Å². The molecule has 4 aromatic rings. The molecule has 8 heteroatoms. The molecule has 34 heavy (non-hydrogen) atoms. The van der Waals surface area contributed by atoms with Gasteiger partial charge in [-0.25, -0.2) is 4.98 Å². The molecule has 0 saturated carbocycles. The Bertz CT molecular complexity index is 1360. The van der Waals surface area contributed by atoms with Crippen LogP contribution in [0.2, 0.25) is 5.02 Å². The summed E-state index contributed by atoms with van der Waals surface area (Å²) in [5.74, 6) is 3.26. The molecule has 172 valence electrons. The molecule has 0 bridgehead atoms. The fourth-order valence-electron chi connectivity index (χ4n) is 3.86. The van der Waals surface area contributed by atoms with E-state index in [1.165, 1.54) is 0 Å². The van der Waals surface area contributed by atoms with Crippen molar-refractivity contribution in [2.45, 2.75) is 30.7 Å². The molecule has 1 aliphatic rings. The van der Waals surface area contributed by atoms with Gasteiger partial charge in [-0.1, -0.05) is 23.7 Å². The molecule has 1 N–H and O–H groups in total. The van der Waals surface area contributed by atoms with Crippen molar-refractivity contribution >= 4 is 23.4 Å². The molecular formula is C26H22ClN3O3S. The van der Waals surface area contributed by atoms with E-state index < -0.39 is 0 Å². The summed E-state index contributed by atoms with van der Waals surface area (Å²) in [6.07, 6.45) is 2.26. The van der Waals surface area contributed by atoms with E-state index in [2.05, 4.69) is 11.1 Å². The first kappa shape index (κ1) is 22.7. The molecule has 0 fully saturated rings. The number of thioether (sulfide) groups is 1. The van der Waals surface area contributed by atoms with Crippen LogP contribution in [0.4, 0.5) is 0 Å². The monoisotopic (exact) mass is 491 g/mol. The number of hydrogen-bond acceptors (Lipinski definition) is 7. The zero-order valence-electron chi connectivity index (χ0n) is 18.7. The molecule has 0 amide bonds. The zero-order chi connectivity index (χ0) is 23.7. The maximum Gasteiger partial charge on any atom is 0.227 e. The Morgan fingerprint density at radius 1 is 1.12 bits per heavy atom. The van der Waals surface area contributed by atoms with E-state index in [4.69, 9.17) is 31.0 Å². The summed E-state index contributed by atoms with van der Waals surface area (Å²) >= 11 is 7.70. The molecule has 5 rings (SSSR count). The highest BCUT2D eigenvalue weighted by Gasteiger charge is 2.27. The predicted octanol–water partition coefficient (Wildman–Crippen LogP) is 5.99. The van der Waals surface area contributed by atoms with Crippen LogP contribution >= 0.6 is 23.4 Å². The molecule has 2 aromatic heterocycles. The van der Waals surface area contributed by atoms with E-state index in [9.17, 15) is 5.11 Å². The molecule has 0 radical (unpaired) electrons. The van der Waals surface area contributed by atoms with Crippen LogP contribution in [0.1, 0.15) is 27.9 Å². The van der Waals surface area contributed by atoms with Gasteiger partial charge in [-0.2, -0.15) is 4.98 Å². The molecule has 0 atom stereocenters. The predicted molar refractivity (Wildman–Crippen MR) is 133 cm³/mol. The van der Waals surface area contributed by atoms with Crippen molar-refractivity contribution in [3.05, 3.63) is 87.7 Å². The van der Waals surface area contributed by atoms with Gasteiger partial charge in [0.25, 0.3) is 0 Å². The number of aryl methyl sites for hydroxylation is 1. The molecular weight excluding hydrogens is 470 g/mol. The standard InChI is InChI=1S/C26H22ClN3O3S/c1-15-23-21(18(13-31)12-28-15)11-22-25(33-23)29-24(17-6-8-19(27)9-7-17)30-26(22)34-14-16-4-3-5-20(10-16)32-2/h3-10,12,31H,11,13-14H2,1-2H3. The third kappa shape index (κ3) is 4.46. The second-order valence-corrected chi connectivity index (χ2v) is 9.30. The third-order valence-electron chi connectivity index (χ3n) is 5.67. The van der Waals surface area contributed by atoms with Gasteiger partial charge in [0.1, 0.15) is 10.8 Å². The fourth-order valence-corrected chi connectivity index (χ4v) is 4.95. The molecule has 0 aliphatic carbocycles. The van der Waals surface area contributed by atoms with Crippen molar-refractivity contribution in [1.82, 2.24) is 15.0 Å². The number of methoxy groups -OCH3 is 1. The Morgan fingerprint density at radius 3 is 2.71 bits per heavy atom. The highest BCUT2D eigenvalue weighted by atomic mass is 35.5. The van der Waals surface area contributed by atoms with Gasteiger partial charge in [0.05, 0.1) is 25.0 Å². The smallest absolute Gasteiger partial charge is 0.227 e. The Hall–Kier alpha value is -3.13. The number of benzene rings is 2. The van der Waals surface area contributed by atoms with Gasteiger partial charge < -0.3 is 14.6 Å². The van der Waals surface area contributed by atoms with Crippen molar-refractivity contribution in [3.8, 4) is 28.8 Å². The van der Waals surface area contributed by atoms with Crippen molar-refractivity contribution in [2.24, 2.45) is 0 Å². The number of aliphatic hydroxyl groups is 1. The van der Waals surface area contributed by atoms with Gasteiger partial charge in [-0.3, -0.25) is 4.98 Å². The minimum atomic E-state index is -0.107. The van der Waals surface area contributed by atoms with Crippen LogP contribution in [0.15, 0.2) is 59.8 Å². The Labute approximate surface area is 207 Å². The summed E-state index contributed by atoms with van der Waals surface area (Å²) in [7, 11) is 1.66. The number of halogens is 1. The lowest BCUT2D eigenvalue weighted by atomic mass is 9.99. The van der Waals surface area contributed by atoms with Gasteiger partial charge >= 0.3 is 0 Å². The molecule has 6 nitrogen and oxygen atoms in total. The number of aromatic nitrogens is 3. The van der Waals surface area contributed by atoms with Crippen LogP contribution in [0.5, 0.6) is 17.4 Å². The normalized spacial score (nSPS) is 12.0. The Balaban J connectivity index is 1.57. The van der Waals surface area contributed by atoms with Crippen LogP contribution in [0.25, 0.3) is 11.4 Å².